The summed E-state index contributed by atoms with van der Waals surface area (Å²) in [7, 11) is 0. The first-order valence-electron chi connectivity index (χ1n) is 5.47. The van der Waals surface area contributed by atoms with E-state index < -0.39 is 0 Å². The second kappa shape index (κ2) is 4.75. The number of fused-ring (bicyclic) bond motifs is 1. The quantitative estimate of drug-likeness (QED) is 0.582. The second-order valence-corrected chi connectivity index (χ2v) is 4.11. The third kappa shape index (κ3) is 2.37. The monoisotopic (exact) mass is 206 g/mol. The summed E-state index contributed by atoms with van der Waals surface area (Å²) >= 11 is 0. The van der Waals surface area contributed by atoms with Gasteiger partial charge in [0.1, 0.15) is 0 Å². The molecule has 3 nitrogen and oxygen atoms in total. The third-order valence-corrected chi connectivity index (χ3v) is 2.94. The normalized spacial score (nSPS) is 22.1. The molecule has 1 aromatic carbocycles. The van der Waals surface area contributed by atoms with Crippen molar-refractivity contribution in [3.05, 3.63) is 35.4 Å². The Labute approximate surface area is 90.6 Å². The molecule has 0 aliphatic carbocycles. The molecule has 3 N–H and O–H groups in total. The molecule has 0 saturated heterocycles. The van der Waals surface area contributed by atoms with E-state index in [0.717, 1.165) is 19.4 Å². The molecule has 3 heteroatoms. The van der Waals surface area contributed by atoms with Crippen molar-refractivity contribution in [2.75, 3.05) is 6.61 Å². The SMILES string of the molecule is CC(CC1OCCc2ccccc21)NN. The summed E-state index contributed by atoms with van der Waals surface area (Å²) in [6, 6.07) is 8.78. The highest BCUT2D eigenvalue weighted by atomic mass is 16.5. The Hall–Kier alpha value is -0.900. The molecule has 82 valence electrons. The molecule has 15 heavy (non-hydrogen) atoms. The average molecular weight is 206 g/mol. The Morgan fingerprint density at radius 2 is 2.33 bits per heavy atom. The van der Waals surface area contributed by atoms with Crippen LogP contribution in [0.4, 0.5) is 0 Å². The smallest absolute Gasteiger partial charge is 0.0843 e. The predicted molar refractivity (Wildman–Crippen MR) is 60.2 cm³/mol. The number of hydrazine groups is 1. The fraction of sp³-hybridized carbons (Fsp3) is 0.500. The lowest BCUT2D eigenvalue weighted by Gasteiger charge is -2.27. The van der Waals surface area contributed by atoms with Gasteiger partial charge in [0.05, 0.1) is 12.7 Å². The average Bonchev–Trinajstić information content (AvgIpc) is 2.29. The molecule has 2 unspecified atom stereocenters. The zero-order valence-electron chi connectivity index (χ0n) is 9.07. The first kappa shape index (κ1) is 10.6. The molecule has 1 aliphatic rings. The molecule has 1 aliphatic heterocycles. The Morgan fingerprint density at radius 1 is 1.53 bits per heavy atom. The zero-order chi connectivity index (χ0) is 10.7. The van der Waals surface area contributed by atoms with Gasteiger partial charge in [-0.05, 0) is 30.9 Å². The standard InChI is InChI=1S/C12H18N2O/c1-9(14-13)8-12-11-5-3-2-4-10(11)6-7-15-12/h2-5,9,12,14H,6-8,13H2,1H3. The molecule has 0 fully saturated rings. The second-order valence-electron chi connectivity index (χ2n) is 4.11. The molecular formula is C12H18N2O. The highest BCUT2D eigenvalue weighted by molar-refractivity contribution is 5.30. The van der Waals surface area contributed by atoms with Gasteiger partial charge in [-0.25, -0.2) is 0 Å². The molecule has 2 rings (SSSR count). The van der Waals surface area contributed by atoms with Crippen LogP contribution in [0.2, 0.25) is 0 Å². The maximum atomic E-state index is 5.78. The van der Waals surface area contributed by atoms with Crippen LogP contribution in [0.1, 0.15) is 30.6 Å². The lowest BCUT2D eigenvalue weighted by atomic mass is 9.94. The van der Waals surface area contributed by atoms with Crippen LogP contribution in [0.5, 0.6) is 0 Å². The van der Waals surface area contributed by atoms with E-state index in [9.17, 15) is 0 Å². The van der Waals surface area contributed by atoms with E-state index in [4.69, 9.17) is 10.6 Å². The van der Waals surface area contributed by atoms with Gasteiger partial charge in [-0.15, -0.1) is 0 Å². The van der Waals surface area contributed by atoms with Crippen LogP contribution in [0, 0.1) is 0 Å². The molecule has 0 saturated carbocycles. The van der Waals surface area contributed by atoms with Crippen molar-refractivity contribution in [2.24, 2.45) is 5.84 Å². The van der Waals surface area contributed by atoms with E-state index in [0.29, 0.717) is 0 Å². The number of ether oxygens (including phenoxy) is 1. The Morgan fingerprint density at radius 3 is 3.13 bits per heavy atom. The van der Waals surface area contributed by atoms with Gasteiger partial charge >= 0.3 is 0 Å². The number of nitrogens with one attached hydrogen (secondary N) is 1. The highest BCUT2D eigenvalue weighted by Crippen LogP contribution is 2.30. The number of hydrogen-bond donors (Lipinski definition) is 2. The van der Waals surface area contributed by atoms with E-state index in [-0.39, 0.29) is 12.1 Å². The summed E-state index contributed by atoms with van der Waals surface area (Å²) in [5, 5.41) is 0. The number of rotatable bonds is 3. The first-order chi connectivity index (χ1) is 7.31. The highest BCUT2D eigenvalue weighted by Gasteiger charge is 2.21. The minimum Gasteiger partial charge on any atom is -0.373 e. The maximum Gasteiger partial charge on any atom is 0.0843 e. The van der Waals surface area contributed by atoms with Crippen LogP contribution in [-0.2, 0) is 11.2 Å². The van der Waals surface area contributed by atoms with Crippen molar-refractivity contribution in [1.29, 1.82) is 0 Å². The van der Waals surface area contributed by atoms with Crippen molar-refractivity contribution in [1.82, 2.24) is 5.43 Å². The van der Waals surface area contributed by atoms with Gasteiger partial charge in [0.2, 0.25) is 0 Å². The molecule has 0 amide bonds. The summed E-state index contributed by atoms with van der Waals surface area (Å²) in [6.07, 6.45) is 2.14. The predicted octanol–water partition coefficient (Wildman–Crippen LogP) is 1.54. The minimum absolute atomic E-state index is 0.195. The van der Waals surface area contributed by atoms with Crippen molar-refractivity contribution in [3.8, 4) is 0 Å². The summed E-state index contributed by atoms with van der Waals surface area (Å²) in [5.41, 5.74) is 5.50. The maximum absolute atomic E-state index is 5.78. The molecule has 1 aromatic rings. The van der Waals surface area contributed by atoms with Gasteiger partial charge in [-0.2, -0.15) is 0 Å². The van der Waals surface area contributed by atoms with Gasteiger partial charge < -0.3 is 4.74 Å². The molecule has 0 aromatic heterocycles. The lowest BCUT2D eigenvalue weighted by Crippen LogP contribution is -2.34. The fourth-order valence-electron chi connectivity index (χ4n) is 2.06. The largest absolute Gasteiger partial charge is 0.373 e. The zero-order valence-corrected chi connectivity index (χ0v) is 9.07. The third-order valence-electron chi connectivity index (χ3n) is 2.94. The lowest BCUT2D eigenvalue weighted by molar-refractivity contribution is 0.0307. The van der Waals surface area contributed by atoms with Crippen molar-refractivity contribution < 1.29 is 4.74 Å². The Kier molecular flexibility index (Phi) is 3.36. The number of nitrogens with two attached hydrogens (primary N) is 1. The van der Waals surface area contributed by atoms with E-state index in [1.165, 1.54) is 11.1 Å². The summed E-state index contributed by atoms with van der Waals surface area (Å²) in [6.45, 7) is 2.89. The van der Waals surface area contributed by atoms with Gasteiger partial charge in [0.15, 0.2) is 0 Å². The Balaban J connectivity index is 2.15. The molecule has 0 radical (unpaired) electrons. The van der Waals surface area contributed by atoms with Gasteiger partial charge in [-0.3, -0.25) is 11.3 Å². The summed E-state index contributed by atoms with van der Waals surface area (Å²) < 4.78 is 5.78. The van der Waals surface area contributed by atoms with Crippen molar-refractivity contribution in [2.45, 2.75) is 31.9 Å². The number of hydrogen-bond acceptors (Lipinski definition) is 3. The van der Waals surface area contributed by atoms with Gasteiger partial charge in [-0.1, -0.05) is 24.3 Å². The van der Waals surface area contributed by atoms with Crippen LogP contribution in [0.3, 0.4) is 0 Å². The minimum atomic E-state index is 0.195. The fourth-order valence-corrected chi connectivity index (χ4v) is 2.06. The molecule has 2 atom stereocenters. The number of benzene rings is 1. The molecule has 0 bridgehead atoms. The van der Waals surface area contributed by atoms with Crippen molar-refractivity contribution >= 4 is 0 Å². The van der Waals surface area contributed by atoms with Crippen LogP contribution in [0.25, 0.3) is 0 Å². The van der Waals surface area contributed by atoms with Crippen LogP contribution >= 0.6 is 0 Å². The van der Waals surface area contributed by atoms with E-state index in [1.54, 1.807) is 0 Å². The van der Waals surface area contributed by atoms with Gasteiger partial charge in [0, 0.05) is 6.04 Å². The van der Waals surface area contributed by atoms with E-state index in [1.807, 2.05) is 0 Å². The van der Waals surface area contributed by atoms with E-state index >= 15 is 0 Å². The topological polar surface area (TPSA) is 47.3 Å². The van der Waals surface area contributed by atoms with E-state index in [2.05, 4.69) is 36.6 Å². The van der Waals surface area contributed by atoms with Crippen LogP contribution in [-0.4, -0.2) is 12.6 Å². The molecule has 1 heterocycles. The summed E-state index contributed by atoms with van der Waals surface area (Å²) in [5.74, 6) is 5.40. The summed E-state index contributed by atoms with van der Waals surface area (Å²) in [4.78, 5) is 0. The van der Waals surface area contributed by atoms with Crippen LogP contribution in [0.15, 0.2) is 24.3 Å². The van der Waals surface area contributed by atoms with Gasteiger partial charge in [0.25, 0.3) is 0 Å². The molecule has 0 spiro atoms. The first-order valence-corrected chi connectivity index (χ1v) is 5.47. The Bertz CT molecular complexity index is 327. The molecular weight excluding hydrogens is 188 g/mol. The van der Waals surface area contributed by atoms with Crippen LogP contribution < -0.4 is 11.3 Å². The van der Waals surface area contributed by atoms with Crippen molar-refractivity contribution in [3.63, 3.8) is 0 Å².